The zero-order valence-corrected chi connectivity index (χ0v) is 18.3. The van der Waals surface area contributed by atoms with E-state index >= 15 is 0 Å². The third kappa shape index (κ3) is 4.86. The van der Waals surface area contributed by atoms with Crippen molar-refractivity contribution in [3.8, 4) is 0 Å². The third-order valence-corrected chi connectivity index (χ3v) is 6.76. The molecule has 29 heavy (non-hydrogen) atoms. The number of anilines is 1. The summed E-state index contributed by atoms with van der Waals surface area (Å²) in [6, 6.07) is 5.42. The van der Waals surface area contributed by atoms with E-state index in [0.717, 1.165) is 31.2 Å². The number of carbonyl (C=O) groups excluding carboxylic acids is 2. The number of carbonyl (C=O) groups is 2. The molecule has 0 unspecified atom stereocenters. The van der Waals surface area contributed by atoms with Crippen LogP contribution in [-0.4, -0.2) is 18.4 Å². The average Bonchev–Trinajstić information content (AvgIpc) is 3.02. The van der Waals surface area contributed by atoms with E-state index in [1.807, 2.05) is 6.92 Å². The van der Waals surface area contributed by atoms with Gasteiger partial charge in [0.15, 0.2) is 0 Å². The maximum atomic E-state index is 13.2. The van der Waals surface area contributed by atoms with Gasteiger partial charge in [0.1, 0.15) is 10.8 Å². The average molecular weight is 417 g/mol. The molecule has 0 spiro atoms. The molecule has 0 aliphatic heterocycles. The molecule has 3 rings (SSSR count). The number of fused-ring (bicyclic) bond motifs is 1. The molecule has 0 fully saturated rings. The number of rotatable bonds is 5. The highest BCUT2D eigenvalue weighted by Crippen LogP contribution is 2.44. The first-order chi connectivity index (χ1) is 13.7. The summed E-state index contributed by atoms with van der Waals surface area (Å²) in [4.78, 5) is 26.8. The van der Waals surface area contributed by atoms with Gasteiger partial charge in [0.05, 0.1) is 5.56 Å². The fourth-order valence-corrected chi connectivity index (χ4v) is 5.08. The number of halogens is 1. The smallest absolute Gasteiger partial charge is 0.256 e. The van der Waals surface area contributed by atoms with E-state index in [4.69, 9.17) is 0 Å². The molecule has 6 heteroatoms. The first-order valence-electron chi connectivity index (χ1n) is 10.2. The van der Waals surface area contributed by atoms with Gasteiger partial charge in [0.2, 0.25) is 0 Å². The molecule has 2 amide bonds. The maximum Gasteiger partial charge on any atom is 0.256 e. The summed E-state index contributed by atoms with van der Waals surface area (Å²) in [5, 5.41) is 6.46. The van der Waals surface area contributed by atoms with Crippen molar-refractivity contribution in [2.24, 2.45) is 11.3 Å². The standard InChI is InChI=1S/C23H29FN2O2S/c1-5-12-25-21(28)19-17-11-8-15(23(2,3)4)13-18(17)29-22(19)26-20(27)14-6-9-16(24)10-7-14/h6-7,9-10,15H,5,8,11-13H2,1-4H3,(H,25,28)(H,26,27)/t15-/m1/s1. The summed E-state index contributed by atoms with van der Waals surface area (Å²) < 4.78 is 13.2. The van der Waals surface area contributed by atoms with Gasteiger partial charge in [-0.15, -0.1) is 11.3 Å². The highest BCUT2D eigenvalue weighted by atomic mass is 32.1. The van der Waals surface area contributed by atoms with E-state index in [1.165, 1.54) is 40.5 Å². The SMILES string of the molecule is CCCNC(=O)c1c(NC(=O)c2ccc(F)cc2)sc2c1CC[C@@H](C(C)(C)C)C2. The zero-order chi connectivity index (χ0) is 21.2. The topological polar surface area (TPSA) is 58.2 Å². The summed E-state index contributed by atoms with van der Waals surface area (Å²) in [5.41, 5.74) is 2.23. The van der Waals surface area contributed by atoms with Gasteiger partial charge >= 0.3 is 0 Å². The van der Waals surface area contributed by atoms with Crippen LogP contribution in [0.2, 0.25) is 0 Å². The van der Waals surface area contributed by atoms with Crippen molar-refractivity contribution in [1.29, 1.82) is 0 Å². The number of amides is 2. The largest absolute Gasteiger partial charge is 0.352 e. The highest BCUT2D eigenvalue weighted by molar-refractivity contribution is 7.17. The summed E-state index contributed by atoms with van der Waals surface area (Å²) in [6.07, 6.45) is 3.65. The number of hydrogen-bond donors (Lipinski definition) is 2. The minimum atomic E-state index is -0.388. The van der Waals surface area contributed by atoms with Gasteiger partial charge in [0, 0.05) is 17.0 Å². The van der Waals surface area contributed by atoms with Crippen LogP contribution in [0.15, 0.2) is 24.3 Å². The lowest BCUT2D eigenvalue weighted by atomic mass is 9.72. The molecular formula is C23H29FN2O2S. The van der Waals surface area contributed by atoms with Crippen LogP contribution in [0.1, 0.15) is 71.7 Å². The van der Waals surface area contributed by atoms with Gasteiger partial charge in [-0.25, -0.2) is 4.39 Å². The minimum absolute atomic E-state index is 0.132. The fourth-order valence-electron chi connectivity index (χ4n) is 3.76. The Labute approximate surface area is 175 Å². The van der Waals surface area contributed by atoms with Crippen molar-refractivity contribution in [3.63, 3.8) is 0 Å². The predicted molar refractivity (Wildman–Crippen MR) is 116 cm³/mol. The number of thiophene rings is 1. The molecule has 2 N–H and O–H groups in total. The molecule has 1 aliphatic carbocycles. The summed E-state index contributed by atoms with van der Waals surface area (Å²) in [7, 11) is 0. The molecule has 1 aromatic carbocycles. The van der Waals surface area contributed by atoms with Crippen LogP contribution in [0, 0.1) is 17.2 Å². The molecule has 4 nitrogen and oxygen atoms in total. The minimum Gasteiger partial charge on any atom is -0.352 e. The lowest BCUT2D eigenvalue weighted by molar-refractivity contribution is 0.0953. The normalized spacial score (nSPS) is 16.2. The van der Waals surface area contributed by atoms with Crippen molar-refractivity contribution in [1.82, 2.24) is 5.32 Å². The molecule has 1 atom stereocenters. The first-order valence-corrected chi connectivity index (χ1v) is 11.0. The second-order valence-corrected chi connectivity index (χ2v) is 9.84. The Morgan fingerprint density at radius 2 is 1.86 bits per heavy atom. The van der Waals surface area contributed by atoms with Crippen LogP contribution < -0.4 is 10.6 Å². The highest BCUT2D eigenvalue weighted by Gasteiger charge is 2.34. The Morgan fingerprint density at radius 3 is 2.48 bits per heavy atom. The van der Waals surface area contributed by atoms with E-state index in [-0.39, 0.29) is 23.0 Å². The number of benzene rings is 1. The molecule has 156 valence electrons. The quantitative estimate of drug-likeness (QED) is 0.683. The van der Waals surface area contributed by atoms with E-state index < -0.39 is 0 Å². The monoisotopic (exact) mass is 416 g/mol. The molecule has 0 radical (unpaired) electrons. The van der Waals surface area contributed by atoms with Crippen molar-refractivity contribution in [3.05, 3.63) is 51.7 Å². The van der Waals surface area contributed by atoms with E-state index in [2.05, 4.69) is 31.4 Å². The number of hydrogen-bond acceptors (Lipinski definition) is 3. The van der Waals surface area contributed by atoms with Crippen LogP contribution in [0.5, 0.6) is 0 Å². The molecular weight excluding hydrogens is 387 g/mol. The second-order valence-electron chi connectivity index (χ2n) is 8.73. The Morgan fingerprint density at radius 1 is 1.17 bits per heavy atom. The van der Waals surface area contributed by atoms with Crippen LogP contribution in [0.3, 0.4) is 0 Å². The number of nitrogens with one attached hydrogen (secondary N) is 2. The lowest BCUT2D eigenvalue weighted by Gasteiger charge is -2.33. The second kappa shape index (κ2) is 8.66. The van der Waals surface area contributed by atoms with Gasteiger partial charge in [-0.2, -0.15) is 0 Å². The molecule has 0 saturated carbocycles. The summed E-state index contributed by atoms with van der Waals surface area (Å²) >= 11 is 1.50. The Balaban J connectivity index is 1.92. The molecule has 1 aliphatic rings. The van der Waals surface area contributed by atoms with Crippen molar-refractivity contribution < 1.29 is 14.0 Å². The summed E-state index contributed by atoms with van der Waals surface area (Å²) in [5.74, 6) is -0.310. The van der Waals surface area contributed by atoms with Gasteiger partial charge in [-0.05, 0) is 66.8 Å². The lowest BCUT2D eigenvalue weighted by Crippen LogP contribution is -2.29. The zero-order valence-electron chi connectivity index (χ0n) is 17.5. The van der Waals surface area contributed by atoms with Crippen molar-refractivity contribution in [2.45, 2.75) is 53.4 Å². The van der Waals surface area contributed by atoms with E-state index in [9.17, 15) is 14.0 Å². The van der Waals surface area contributed by atoms with Crippen LogP contribution >= 0.6 is 11.3 Å². The third-order valence-electron chi connectivity index (χ3n) is 5.59. The Hall–Kier alpha value is -2.21. The summed E-state index contributed by atoms with van der Waals surface area (Å²) in [6.45, 7) is 9.36. The van der Waals surface area contributed by atoms with E-state index in [1.54, 1.807) is 0 Å². The van der Waals surface area contributed by atoms with Gasteiger partial charge < -0.3 is 10.6 Å². The molecule has 1 heterocycles. The van der Waals surface area contributed by atoms with Gasteiger partial charge in [-0.1, -0.05) is 27.7 Å². The first kappa shape index (κ1) is 21.5. The molecule has 2 aromatic rings. The molecule has 0 bridgehead atoms. The molecule has 0 saturated heterocycles. The van der Waals surface area contributed by atoms with E-state index in [0.29, 0.717) is 28.6 Å². The molecule has 1 aromatic heterocycles. The predicted octanol–water partition coefficient (Wildman–Crippen LogP) is 5.43. The van der Waals surface area contributed by atoms with Gasteiger partial charge in [0.25, 0.3) is 11.8 Å². The Bertz CT molecular complexity index is 897. The van der Waals surface area contributed by atoms with Crippen LogP contribution in [-0.2, 0) is 12.8 Å². The van der Waals surface area contributed by atoms with Crippen molar-refractivity contribution >= 4 is 28.2 Å². The van der Waals surface area contributed by atoms with Crippen LogP contribution in [0.4, 0.5) is 9.39 Å². The van der Waals surface area contributed by atoms with Crippen LogP contribution in [0.25, 0.3) is 0 Å². The Kier molecular flexibility index (Phi) is 6.42. The fraction of sp³-hybridized carbons (Fsp3) is 0.478. The van der Waals surface area contributed by atoms with Crippen molar-refractivity contribution in [2.75, 3.05) is 11.9 Å². The maximum absolute atomic E-state index is 13.2. The van der Waals surface area contributed by atoms with Gasteiger partial charge in [-0.3, -0.25) is 9.59 Å².